The number of Topliss-reactive ketones (excluding diaryl/α,β-unsaturated/α-hetero) is 1. The smallest absolute Gasteiger partial charge is 0.306 e. The number of alkyl halides is 1. The molecule has 0 amide bonds. The van der Waals surface area contributed by atoms with Gasteiger partial charge in [0.1, 0.15) is 12.4 Å². The summed E-state index contributed by atoms with van der Waals surface area (Å²) in [5.41, 5.74) is -4.61. The molecule has 0 heterocycles. The Kier molecular flexibility index (Phi) is 6.88. The number of aliphatic hydroxyl groups excluding tert-OH is 1. The molecule has 0 radical (unpaired) electrons. The van der Waals surface area contributed by atoms with E-state index in [4.69, 9.17) is 14.2 Å². The molecule has 4 aliphatic carbocycles. The van der Waals surface area contributed by atoms with Crippen LogP contribution in [0.1, 0.15) is 65.7 Å². The van der Waals surface area contributed by atoms with E-state index in [0.717, 1.165) is 0 Å². The van der Waals surface area contributed by atoms with E-state index in [1.54, 1.807) is 13.0 Å². The quantitative estimate of drug-likeness (QED) is 0.408. The Bertz CT molecular complexity index is 959. The monoisotopic (exact) mass is 492 g/mol. The summed E-state index contributed by atoms with van der Waals surface area (Å²) in [6, 6.07) is 0. The summed E-state index contributed by atoms with van der Waals surface area (Å²) in [4.78, 5) is 37.6. The van der Waals surface area contributed by atoms with Crippen molar-refractivity contribution in [1.29, 1.82) is 0 Å². The molecule has 0 aliphatic heterocycles. The van der Waals surface area contributed by atoms with E-state index in [9.17, 15) is 19.5 Å². The Hall–Kier alpha value is -1.90. The molecule has 0 bridgehead atoms. The van der Waals surface area contributed by atoms with E-state index in [1.165, 1.54) is 19.3 Å². The molecule has 1 N–H and O–H groups in total. The predicted octanol–water partition coefficient (Wildman–Crippen LogP) is 3.63. The third kappa shape index (κ3) is 3.66. The third-order valence-electron chi connectivity index (χ3n) is 9.45. The van der Waals surface area contributed by atoms with Crippen LogP contribution in [0.2, 0.25) is 0 Å². The normalized spacial score (nSPS) is 42.1. The van der Waals surface area contributed by atoms with Crippen molar-refractivity contribution in [2.75, 3.05) is 20.5 Å². The first kappa shape index (κ1) is 26.2. The van der Waals surface area contributed by atoms with Crippen LogP contribution in [0.5, 0.6) is 0 Å². The highest BCUT2D eigenvalue weighted by Gasteiger charge is 2.74. The minimum atomic E-state index is -1.98. The molecule has 7 nitrogen and oxygen atoms in total. The Labute approximate surface area is 206 Å². The van der Waals surface area contributed by atoms with Crippen LogP contribution in [0.25, 0.3) is 0 Å². The topological polar surface area (TPSA) is 99.1 Å². The number of fused-ring (bicyclic) bond motifs is 5. The zero-order chi connectivity index (χ0) is 25.6. The third-order valence-corrected chi connectivity index (χ3v) is 9.45. The highest BCUT2D eigenvalue weighted by atomic mass is 19.1. The summed E-state index contributed by atoms with van der Waals surface area (Å²) < 4.78 is 33.7. The Balaban J connectivity index is 1.70. The summed E-state index contributed by atoms with van der Waals surface area (Å²) in [6.45, 7) is 4.94. The van der Waals surface area contributed by atoms with Gasteiger partial charge in [0.05, 0.1) is 6.10 Å². The van der Waals surface area contributed by atoms with Gasteiger partial charge in [-0.05, 0) is 63.5 Å². The second kappa shape index (κ2) is 9.20. The van der Waals surface area contributed by atoms with Crippen LogP contribution in [0, 0.1) is 22.7 Å². The van der Waals surface area contributed by atoms with Crippen molar-refractivity contribution in [3.63, 3.8) is 0 Å². The van der Waals surface area contributed by atoms with E-state index < -0.39 is 46.7 Å². The van der Waals surface area contributed by atoms with Gasteiger partial charge in [-0.3, -0.25) is 14.4 Å². The van der Waals surface area contributed by atoms with E-state index >= 15 is 4.39 Å². The number of halogens is 1. The largest absolute Gasteiger partial charge is 0.458 e. The van der Waals surface area contributed by atoms with Crippen molar-refractivity contribution in [3.8, 4) is 0 Å². The van der Waals surface area contributed by atoms with Gasteiger partial charge in [-0.1, -0.05) is 25.5 Å². The van der Waals surface area contributed by atoms with Crippen molar-refractivity contribution < 1.29 is 38.1 Å². The first-order valence-electron chi connectivity index (χ1n) is 12.6. The molecular weight excluding hydrogens is 455 g/mol. The van der Waals surface area contributed by atoms with Crippen LogP contribution < -0.4 is 0 Å². The van der Waals surface area contributed by atoms with Crippen LogP contribution in [0.4, 0.5) is 4.39 Å². The van der Waals surface area contributed by atoms with Crippen molar-refractivity contribution in [1.82, 2.24) is 0 Å². The molecular formula is C27H37FO7. The van der Waals surface area contributed by atoms with Gasteiger partial charge in [0.2, 0.25) is 5.78 Å². The number of hydrogen-bond donors (Lipinski definition) is 1. The fourth-order valence-electron chi connectivity index (χ4n) is 7.67. The zero-order valence-electron chi connectivity index (χ0n) is 21.1. The number of ether oxygens (including phenoxy) is 3. The Morgan fingerprint density at radius 1 is 1.23 bits per heavy atom. The maximum atomic E-state index is 17.2. The molecule has 3 saturated carbocycles. The summed E-state index contributed by atoms with van der Waals surface area (Å²) >= 11 is 0. The molecule has 0 aromatic rings. The van der Waals surface area contributed by atoms with Crippen LogP contribution in [0.15, 0.2) is 23.8 Å². The van der Waals surface area contributed by atoms with Gasteiger partial charge in [-0.15, -0.1) is 0 Å². The molecule has 35 heavy (non-hydrogen) atoms. The first-order valence-corrected chi connectivity index (χ1v) is 12.6. The SMILES string of the molecule is CCCC(=O)OCC(=O)[C@]1(OCOC)CC[C@H]2[C@@H]3CCC4=CC(=O)C=C[C@]4(C)[C@@]3(F)[C@@H](O)C[C@@]21C. The second-order valence-corrected chi connectivity index (χ2v) is 11.0. The maximum absolute atomic E-state index is 17.2. The number of allylic oxidation sites excluding steroid dienone is 4. The van der Waals surface area contributed by atoms with E-state index in [2.05, 4.69) is 0 Å². The summed E-state index contributed by atoms with van der Waals surface area (Å²) in [5.74, 6) is -1.77. The number of ketones is 2. The molecule has 3 fully saturated rings. The van der Waals surface area contributed by atoms with Crippen LogP contribution in [-0.2, 0) is 28.6 Å². The van der Waals surface area contributed by atoms with Crippen LogP contribution in [0.3, 0.4) is 0 Å². The van der Waals surface area contributed by atoms with Gasteiger partial charge in [0.25, 0.3) is 0 Å². The molecule has 194 valence electrons. The highest BCUT2D eigenvalue weighted by Crippen LogP contribution is 2.70. The van der Waals surface area contributed by atoms with Gasteiger partial charge in [0, 0.05) is 30.3 Å². The lowest BCUT2D eigenvalue weighted by Crippen LogP contribution is -2.69. The lowest BCUT2D eigenvalue weighted by atomic mass is 9.44. The molecule has 0 unspecified atom stereocenters. The maximum Gasteiger partial charge on any atom is 0.306 e. The summed E-state index contributed by atoms with van der Waals surface area (Å²) in [5, 5.41) is 11.5. The zero-order valence-corrected chi connectivity index (χ0v) is 21.1. The molecule has 0 aromatic heterocycles. The van der Waals surface area contributed by atoms with Gasteiger partial charge in [-0.2, -0.15) is 0 Å². The average Bonchev–Trinajstić information content (AvgIpc) is 3.10. The number of rotatable bonds is 8. The standard InChI is InChI=1S/C27H37FO7/c1-5-6-23(32)34-15-22(31)26(35-16-33-4)12-10-19-20-8-7-17-13-18(29)9-11-24(17,2)27(20,28)21(30)14-25(19,26)3/h9,11,13,19-21,30H,5-8,10,12,14-16H2,1-4H3/t19-,20-,21-,24-,25-,26+,27-/m0/s1. The van der Waals surface area contributed by atoms with Gasteiger partial charge in [0.15, 0.2) is 18.1 Å². The molecule has 0 spiro atoms. The molecule has 0 aromatic carbocycles. The van der Waals surface area contributed by atoms with Gasteiger partial charge < -0.3 is 19.3 Å². The van der Waals surface area contributed by atoms with Crippen molar-refractivity contribution in [3.05, 3.63) is 23.8 Å². The molecule has 4 aliphatic rings. The highest BCUT2D eigenvalue weighted by molar-refractivity contribution is 6.01. The number of methoxy groups -OCH3 is 1. The average molecular weight is 493 g/mol. The summed E-state index contributed by atoms with van der Waals surface area (Å²) in [7, 11) is 1.46. The van der Waals surface area contributed by atoms with E-state index in [-0.39, 0.29) is 37.1 Å². The Morgan fingerprint density at radius 2 is 1.97 bits per heavy atom. The lowest BCUT2D eigenvalue weighted by molar-refractivity contribution is -0.238. The van der Waals surface area contributed by atoms with Gasteiger partial charge >= 0.3 is 5.97 Å². The van der Waals surface area contributed by atoms with Crippen LogP contribution >= 0.6 is 0 Å². The van der Waals surface area contributed by atoms with E-state index in [0.29, 0.717) is 37.7 Å². The second-order valence-electron chi connectivity index (χ2n) is 11.0. The van der Waals surface area contributed by atoms with E-state index in [1.807, 2.05) is 13.8 Å². The van der Waals surface area contributed by atoms with Crippen molar-refractivity contribution >= 4 is 17.5 Å². The fourth-order valence-corrected chi connectivity index (χ4v) is 7.67. The fraction of sp³-hybridized carbons (Fsp3) is 0.741. The number of carbonyl (C=O) groups excluding carboxylic acids is 3. The number of aliphatic hydroxyl groups is 1. The molecule has 0 saturated heterocycles. The van der Waals surface area contributed by atoms with Crippen LogP contribution in [-0.4, -0.2) is 60.5 Å². The number of carbonyl (C=O) groups is 3. The lowest BCUT2D eigenvalue weighted by Gasteiger charge is -2.63. The number of esters is 1. The molecule has 8 heteroatoms. The van der Waals surface area contributed by atoms with Crippen molar-refractivity contribution in [2.45, 2.75) is 83.1 Å². The first-order chi connectivity index (χ1) is 16.5. The summed E-state index contributed by atoms with van der Waals surface area (Å²) in [6.07, 6.45) is 5.86. The number of hydrogen-bond acceptors (Lipinski definition) is 7. The minimum absolute atomic E-state index is 0.00762. The minimum Gasteiger partial charge on any atom is -0.458 e. The molecule has 4 rings (SSSR count). The van der Waals surface area contributed by atoms with Crippen molar-refractivity contribution in [2.24, 2.45) is 22.7 Å². The molecule has 7 atom stereocenters. The Morgan fingerprint density at radius 3 is 2.66 bits per heavy atom. The van der Waals surface area contributed by atoms with Gasteiger partial charge in [-0.25, -0.2) is 4.39 Å². The predicted molar refractivity (Wildman–Crippen MR) is 125 cm³/mol.